The van der Waals surface area contributed by atoms with Gasteiger partial charge >= 0.3 is 0 Å². The van der Waals surface area contributed by atoms with E-state index in [1.54, 1.807) is 0 Å². The van der Waals surface area contributed by atoms with E-state index < -0.39 is 0 Å². The van der Waals surface area contributed by atoms with E-state index in [2.05, 4.69) is 0 Å². The Bertz CT molecular complexity index is 107. The van der Waals surface area contributed by atoms with Crippen molar-refractivity contribution < 1.29 is 9.47 Å². The van der Waals surface area contributed by atoms with E-state index in [0.29, 0.717) is 19.3 Å². The number of rotatable bonds is 10. The second-order valence-electron chi connectivity index (χ2n) is 3.64. The van der Waals surface area contributed by atoms with Crippen molar-refractivity contribution in [2.75, 3.05) is 25.7 Å². The Balaban J connectivity index is 2.85. The maximum atomic E-state index is 5.56. The second kappa shape index (κ2) is 11.3. The van der Waals surface area contributed by atoms with E-state index in [-0.39, 0.29) is 0 Å². The van der Waals surface area contributed by atoms with Crippen LogP contribution in [0.2, 0.25) is 0 Å². The molecule has 0 aromatic carbocycles. The predicted octanol–water partition coefficient (Wildman–Crippen LogP) is 3.23. The average Bonchev–Trinajstić information content (AvgIpc) is 2.15. The molecule has 0 unspecified atom stereocenters. The molecule has 0 aliphatic carbocycles. The molecule has 3 heteroatoms. The van der Waals surface area contributed by atoms with Gasteiger partial charge in [-0.3, -0.25) is 0 Å². The topological polar surface area (TPSA) is 18.5 Å². The summed E-state index contributed by atoms with van der Waals surface area (Å²) in [5.41, 5.74) is 0. The molecule has 0 N–H and O–H groups in total. The largest absolute Gasteiger partial charge is 0.379 e. The minimum atomic E-state index is 0.308. The van der Waals surface area contributed by atoms with Crippen LogP contribution in [-0.2, 0) is 9.47 Å². The van der Waals surface area contributed by atoms with Crippen LogP contribution in [0, 0.1) is 0 Å². The minimum absolute atomic E-state index is 0.308. The third-order valence-corrected chi connectivity index (χ3v) is 2.12. The molecule has 0 fully saturated rings. The summed E-state index contributed by atoms with van der Waals surface area (Å²) in [6.07, 6.45) is 5.01. The quantitative estimate of drug-likeness (QED) is 0.418. The van der Waals surface area contributed by atoms with Crippen LogP contribution in [0.25, 0.3) is 0 Å². The Kier molecular flexibility index (Phi) is 11.5. The highest BCUT2D eigenvalue weighted by atomic mass is 35.5. The van der Waals surface area contributed by atoms with Gasteiger partial charge < -0.3 is 9.47 Å². The summed E-state index contributed by atoms with van der Waals surface area (Å²) in [5.74, 6) is 0.781. The smallest absolute Gasteiger partial charge is 0.0703 e. The molecule has 14 heavy (non-hydrogen) atoms. The van der Waals surface area contributed by atoms with Crippen LogP contribution < -0.4 is 0 Å². The van der Waals surface area contributed by atoms with Crippen molar-refractivity contribution in [1.29, 1.82) is 0 Å². The predicted molar refractivity (Wildman–Crippen MR) is 61.1 cm³/mol. The van der Waals surface area contributed by atoms with Crippen molar-refractivity contribution >= 4 is 11.6 Å². The highest BCUT2D eigenvalue weighted by Crippen LogP contribution is 2.01. The molecule has 86 valence electrons. The molecule has 0 aromatic rings. The number of ether oxygens (including phenoxy) is 2. The van der Waals surface area contributed by atoms with Gasteiger partial charge in [-0.25, -0.2) is 0 Å². The Morgan fingerprint density at radius 3 is 2.29 bits per heavy atom. The lowest BCUT2D eigenvalue weighted by Crippen LogP contribution is -2.10. The van der Waals surface area contributed by atoms with E-state index in [1.165, 1.54) is 12.8 Å². The standard InChI is InChI=1S/C11H23ClO2/c1-11(2)14-10-9-13-8-6-4-3-5-7-12/h11H,3-10H2,1-2H3. The monoisotopic (exact) mass is 222 g/mol. The van der Waals surface area contributed by atoms with Crippen molar-refractivity contribution in [3.8, 4) is 0 Å². The highest BCUT2D eigenvalue weighted by Gasteiger charge is 1.93. The van der Waals surface area contributed by atoms with Crippen LogP contribution in [0.4, 0.5) is 0 Å². The van der Waals surface area contributed by atoms with E-state index in [9.17, 15) is 0 Å². The lowest BCUT2D eigenvalue weighted by atomic mass is 10.2. The molecule has 0 radical (unpaired) electrons. The molecule has 0 spiro atoms. The molecule has 0 aliphatic rings. The van der Waals surface area contributed by atoms with Crippen LogP contribution in [0.3, 0.4) is 0 Å². The summed E-state index contributed by atoms with van der Waals surface area (Å²) in [4.78, 5) is 0. The van der Waals surface area contributed by atoms with Gasteiger partial charge in [0, 0.05) is 12.5 Å². The first-order chi connectivity index (χ1) is 6.77. The van der Waals surface area contributed by atoms with Crippen molar-refractivity contribution in [3.63, 3.8) is 0 Å². The fraction of sp³-hybridized carbons (Fsp3) is 1.00. The van der Waals surface area contributed by atoms with Crippen LogP contribution in [0.15, 0.2) is 0 Å². The van der Waals surface area contributed by atoms with Crippen molar-refractivity contribution in [3.05, 3.63) is 0 Å². The van der Waals surface area contributed by atoms with Crippen molar-refractivity contribution in [2.45, 2.75) is 45.6 Å². The number of unbranched alkanes of at least 4 members (excludes halogenated alkanes) is 3. The summed E-state index contributed by atoms with van der Waals surface area (Å²) in [7, 11) is 0. The molecule has 0 atom stereocenters. The van der Waals surface area contributed by atoms with Gasteiger partial charge in [-0.05, 0) is 26.7 Å². The van der Waals surface area contributed by atoms with Crippen LogP contribution >= 0.6 is 11.6 Å². The van der Waals surface area contributed by atoms with Gasteiger partial charge in [-0.15, -0.1) is 11.6 Å². The second-order valence-corrected chi connectivity index (χ2v) is 4.01. The molecule has 2 nitrogen and oxygen atoms in total. The first-order valence-electron chi connectivity index (χ1n) is 5.52. The van der Waals surface area contributed by atoms with E-state index >= 15 is 0 Å². The molecule has 0 bridgehead atoms. The molecule has 0 aromatic heterocycles. The highest BCUT2D eigenvalue weighted by molar-refractivity contribution is 6.17. The maximum Gasteiger partial charge on any atom is 0.0703 e. The summed E-state index contributed by atoms with van der Waals surface area (Å²) in [6, 6.07) is 0. The van der Waals surface area contributed by atoms with Gasteiger partial charge in [-0.1, -0.05) is 12.8 Å². The summed E-state index contributed by atoms with van der Waals surface area (Å²) >= 11 is 5.56. The Morgan fingerprint density at radius 1 is 0.929 bits per heavy atom. The summed E-state index contributed by atoms with van der Waals surface area (Å²) < 4.78 is 10.8. The Labute approximate surface area is 92.9 Å². The summed E-state index contributed by atoms with van der Waals surface area (Å²) in [5, 5.41) is 0. The Hall–Kier alpha value is 0.210. The SMILES string of the molecule is CC(C)OCCOCCCCCCCl. The number of alkyl halides is 1. The molecule has 0 rings (SSSR count). The molecule has 0 heterocycles. The third kappa shape index (κ3) is 12.2. The van der Waals surface area contributed by atoms with Gasteiger partial charge in [0.2, 0.25) is 0 Å². The molecule has 0 saturated heterocycles. The minimum Gasteiger partial charge on any atom is -0.379 e. The fourth-order valence-corrected chi connectivity index (χ4v) is 1.29. The van der Waals surface area contributed by atoms with Crippen molar-refractivity contribution in [2.24, 2.45) is 0 Å². The van der Waals surface area contributed by atoms with Crippen LogP contribution in [0.1, 0.15) is 39.5 Å². The van der Waals surface area contributed by atoms with Crippen LogP contribution in [-0.4, -0.2) is 31.8 Å². The van der Waals surface area contributed by atoms with Gasteiger partial charge in [0.15, 0.2) is 0 Å². The van der Waals surface area contributed by atoms with Gasteiger partial charge in [0.1, 0.15) is 0 Å². The molecular formula is C11H23ClO2. The van der Waals surface area contributed by atoms with Crippen molar-refractivity contribution in [1.82, 2.24) is 0 Å². The van der Waals surface area contributed by atoms with E-state index in [4.69, 9.17) is 21.1 Å². The first kappa shape index (κ1) is 14.2. The zero-order chi connectivity index (χ0) is 10.6. The van der Waals surface area contributed by atoms with E-state index in [1.807, 2.05) is 13.8 Å². The van der Waals surface area contributed by atoms with Gasteiger partial charge in [0.25, 0.3) is 0 Å². The Morgan fingerprint density at radius 2 is 1.64 bits per heavy atom. The molecule has 0 amide bonds. The normalized spacial score (nSPS) is 11.1. The van der Waals surface area contributed by atoms with E-state index in [0.717, 1.165) is 25.3 Å². The average molecular weight is 223 g/mol. The number of halogens is 1. The maximum absolute atomic E-state index is 5.56. The van der Waals surface area contributed by atoms with Gasteiger partial charge in [0.05, 0.1) is 19.3 Å². The molecular weight excluding hydrogens is 200 g/mol. The first-order valence-corrected chi connectivity index (χ1v) is 6.06. The lowest BCUT2D eigenvalue weighted by molar-refractivity contribution is 0.0187. The number of hydrogen-bond acceptors (Lipinski definition) is 2. The number of hydrogen-bond donors (Lipinski definition) is 0. The molecule has 0 aliphatic heterocycles. The van der Waals surface area contributed by atoms with Gasteiger partial charge in [-0.2, -0.15) is 0 Å². The fourth-order valence-electron chi connectivity index (χ4n) is 1.10. The zero-order valence-corrected chi connectivity index (χ0v) is 10.2. The van der Waals surface area contributed by atoms with Crippen LogP contribution in [0.5, 0.6) is 0 Å². The third-order valence-electron chi connectivity index (χ3n) is 1.85. The lowest BCUT2D eigenvalue weighted by Gasteiger charge is -2.07. The zero-order valence-electron chi connectivity index (χ0n) is 9.43. The molecule has 0 saturated carbocycles. The summed E-state index contributed by atoms with van der Waals surface area (Å²) in [6.45, 7) is 6.34.